The summed E-state index contributed by atoms with van der Waals surface area (Å²) in [5.41, 5.74) is 4.63. The third kappa shape index (κ3) is 6.16. The molecule has 1 saturated carbocycles. The van der Waals surface area contributed by atoms with Gasteiger partial charge in [0.05, 0.1) is 4.90 Å². The average molecular weight is 515 g/mol. The van der Waals surface area contributed by atoms with Gasteiger partial charge in [0.1, 0.15) is 0 Å². The fraction of sp³-hybridized carbons (Fsp3) is 0.375. The molecule has 0 amide bonds. The third-order valence-electron chi connectivity index (χ3n) is 7.96. The number of hydrogen-bond donors (Lipinski definition) is 0. The Bertz CT molecular complexity index is 1250. The molecular formula is C32H38N2O2S. The van der Waals surface area contributed by atoms with Crippen molar-refractivity contribution in [2.75, 3.05) is 13.1 Å². The van der Waals surface area contributed by atoms with Crippen LogP contribution in [0, 0.1) is 12.3 Å². The Morgan fingerprint density at radius 1 is 0.811 bits per heavy atom. The van der Waals surface area contributed by atoms with Gasteiger partial charge in [-0.25, -0.2) is 8.42 Å². The smallest absolute Gasteiger partial charge is 0.264 e. The van der Waals surface area contributed by atoms with E-state index in [0.29, 0.717) is 18.0 Å². The quantitative estimate of drug-likeness (QED) is 0.327. The second kappa shape index (κ2) is 11.2. The van der Waals surface area contributed by atoms with Crippen LogP contribution in [0.15, 0.2) is 102 Å². The van der Waals surface area contributed by atoms with Crippen molar-refractivity contribution < 1.29 is 8.42 Å². The Hall–Kier alpha value is -2.89. The van der Waals surface area contributed by atoms with Crippen molar-refractivity contribution in [1.82, 2.24) is 9.21 Å². The highest BCUT2D eigenvalue weighted by Gasteiger charge is 2.45. The van der Waals surface area contributed by atoms with Crippen LogP contribution in [0.3, 0.4) is 0 Å². The molecular weight excluding hydrogens is 476 g/mol. The molecule has 3 aromatic carbocycles. The Morgan fingerprint density at radius 2 is 1.38 bits per heavy atom. The number of sulfonamides is 1. The lowest BCUT2D eigenvalue weighted by molar-refractivity contribution is 0.206. The fourth-order valence-electron chi connectivity index (χ4n) is 5.92. The van der Waals surface area contributed by atoms with Crippen LogP contribution in [0.4, 0.5) is 0 Å². The zero-order chi connectivity index (χ0) is 25.7. The lowest BCUT2D eigenvalue weighted by Crippen LogP contribution is -2.33. The van der Waals surface area contributed by atoms with E-state index >= 15 is 0 Å². The molecule has 1 aliphatic heterocycles. The maximum Gasteiger partial charge on any atom is 0.264 e. The first kappa shape index (κ1) is 25.7. The Labute approximate surface area is 222 Å². The van der Waals surface area contributed by atoms with Crippen LogP contribution in [-0.4, -0.2) is 30.7 Å². The van der Waals surface area contributed by atoms with Crippen LogP contribution in [0.1, 0.15) is 55.2 Å². The van der Waals surface area contributed by atoms with Gasteiger partial charge in [-0.1, -0.05) is 104 Å². The van der Waals surface area contributed by atoms with Gasteiger partial charge in [0, 0.05) is 31.9 Å². The van der Waals surface area contributed by atoms with Crippen LogP contribution in [0.25, 0.3) is 0 Å². The lowest BCUT2D eigenvalue weighted by Gasteiger charge is -2.32. The van der Waals surface area contributed by atoms with E-state index < -0.39 is 10.0 Å². The molecule has 194 valence electrons. The standard InChI is InChI=1S/C32H38N2O2S/c1-27-15-17-31(18-16-27)37(35,36)34-26-32(20-9-4-10-21-32)23-30(34)19-22-33(24-28-11-5-2-6-12-28)25-29-13-7-3-8-14-29/h2-3,5-8,11-19H,4,9-10,20-26H2,1H3/b30-19+. The summed E-state index contributed by atoms with van der Waals surface area (Å²) in [6.07, 6.45) is 8.92. The Kier molecular flexibility index (Phi) is 7.82. The molecule has 1 heterocycles. The molecule has 0 N–H and O–H groups in total. The van der Waals surface area contributed by atoms with Crippen molar-refractivity contribution in [3.05, 3.63) is 113 Å². The lowest BCUT2D eigenvalue weighted by atomic mass is 9.73. The number of aryl methyl sites for hydroxylation is 1. The van der Waals surface area contributed by atoms with Crippen LogP contribution in [0.5, 0.6) is 0 Å². The zero-order valence-electron chi connectivity index (χ0n) is 21.9. The highest BCUT2D eigenvalue weighted by atomic mass is 32.2. The maximum atomic E-state index is 13.9. The summed E-state index contributed by atoms with van der Waals surface area (Å²) in [7, 11) is -3.60. The summed E-state index contributed by atoms with van der Waals surface area (Å²) in [5, 5.41) is 0. The SMILES string of the molecule is Cc1ccc(S(=O)(=O)N2CC3(CCCCC3)C/C2=C\CN(Cc2ccccc2)Cc2ccccc2)cc1. The molecule has 0 aromatic heterocycles. The molecule has 5 heteroatoms. The summed E-state index contributed by atoms with van der Waals surface area (Å²) in [4.78, 5) is 2.79. The number of hydrogen-bond acceptors (Lipinski definition) is 3. The minimum atomic E-state index is -3.60. The van der Waals surface area contributed by atoms with Crippen molar-refractivity contribution in [1.29, 1.82) is 0 Å². The maximum absolute atomic E-state index is 13.9. The van der Waals surface area contributed by atoms with Gasteiger partial charge in [-0.05, 0) is 54.9 Å². The molecule has 0 atom stereocenters. The van der Waals surface area contributed by atoms with Gasteiger partial charge in [-0.15, -0.1) is 0 Å². The van der Waals surface area contributed by atoms with E-state index in [1.807, 2.05) is 31.2 Å². The molecule has 3 aromatic rings. The van der Waals surface area contributed by atoms with Crippen LogP contribution in [-0.2, 0) is 23.1 Å². The van der Waals surface area contributed by atoms with E-state index in [1.54, 1.807) is 16.4 Å². The summed E-state index contributed by atoms with van der Waals surface area (Å²) in [6.45, 7) is 4.93. The van der Waals surface area contributed by atoms with Gasteiger partial charge in [0.15, 0.2) is 0 Å². The van der Waals surface area contributed by atoms with Gasteiger partial charge >= 0.3 is 0 Å². The molecule has 2 fully saturated rings. The molecule has 1 spiro atoms. The molecule has 1 aliphatic carbocycles. The minimum absolute atomic E-state index is 0.0749. The first-order valence-electron chi connectivity index (χ1n) is 13.5. The van der Waals surface area contributed by atoms with E-state index in [1.165, 1.54) is 30.4 Å². The van der Waals surface area contributed by atoms with Gasteiger partial charge in [-0.2, -0.15) is 0 Å². The molecule has 0 unspecified atom stereocenters. The van der Waals surface area contributed by atoms with Gasteiger partial charge in [-0.3, -0.25) is 9.21 Å². The summed E-state index contributed by atoms with van der Waals surface area (Å²) in [5.74, 6) is 0. The van der Waals surface area contributed by atoms with E-state index in [-0.39, 0.29) is 5.41 Å². The second-order valence-electron chi connectivity index (χ2n) is 10.9. The zero-order valence-corrected chi connectivity index (χ0v) is 22.7. The normalized spacial score (nSPS) is 18.6. The van der Waals surface area contributed by atoms with E-state index in [9.17, 15) is 8.42 Å². The molecule has 0 radical (unpaired) electrons. The first-order valence-corrected chi connectivity index (χ1v) is 15.0. The van der Waals surface area contributed by atoms with Gasteiger partial charge in [0.2, 0.25) is 0 Å². The topological polar surface area (TPSA) is 40.6 Å². The van der Waals surface area contributed by atoms with Crippen LogP contribution < -0.4 is 0 Å². The van der Waals surface area contributed by atoms with Crippen molar-refractivity contribution in [2.45, 2.75) is 63.4 Å². The monoisotopic (exact) mass is 514 g/mol. The molecule has 5 rings (SSSR count). The Balaban J connectivity index is 1.44. The average Bonchev–Trinajstić information content (AvgIpc) is 3.27. The van der Waals surface area contributed by atoms with Crippen LogP contribution >= 0.6 is 0 Å². The number of rotatable bonds is 8. The largest absolute Gasteiger partial charge is 0.291 e. The van der Waals surface area contributed by atoms with Crippen molar-refractivity contribution in [2.24, 2.45) is 5.41 Å². The van der Waals surface area contributed by atoms with Gasteiger partial charge < -0.3 is 0 Å². The first-order chi connectivity index (χ1) is 17.9. The van der Waals surface area contributed by atoms with Crippen LogP contribution in [0.2, 0.25) is 0 Å². The van der Waals surface area contributed by atoms with Crippen molar-refractivity contribution in [3.8, 4) is 0 Å². The van der Waals surface area contributed by atoms with Crippen molar-refractivity contribution >= 4 is 10.0 Å². The molecule has 37 heavy (non-hydrogen) atoms. The second-order valence-corrected chi connectivity index (χ2v) is 12.8. The summed E-state index contributed by atoms with van der Waals surface area (Å²) >= 11 is 0. The third-order valence-corrected chi connectivity index (χ3v) is 9.77. The highest BCUT2D eigenvalue weighted by molar-refractivity contribution is 7.89. The molecule has 1 saturated heterocycles. The molecule has 4 nitrogen and oxygen atoms in total. The Morgan fingerprint density at radius 3 is 1.95 bits per heavy atom. The molecule has 0 bridgehead atoms. The number of nitrogens with zero attached hydrogens (tertiary/aromatic N) is 2. The van der Waals surface area contributed by atoms with Gasteiger partial charge in [0.25, 0.3) is 10.0 Å². The van der Waals surface area contributed by atoms with E-state index in [4.69, 9.17) is 0 Å². The van der Waals surface area contributed by atoms with E-state index in [2.05, 4.69) is 59.5 Å². The summed E-state index contributed by atoms with van der Waals surface area (Å²) in [6, 6.07) is 28.3. The predicted octanol–water partition coefficient (Wildman–Crippen LogP) is 6.93. The number of allylic oxidation sites excluding steroid dienone is 1. The van der Waals surface area contributed by atoms with Crippen molar-refractivity contribution in [3.63, 3.8) is 0 Å². The predicted molar refractivity (Wildman–Crippen MR) is 150 cm³/mol. The minimum Gasteiger partial charge on any atom is -0.291 e. The van der Waals surface area contributed by atoms with E-state index in [0.717, 1.165) is 43.6 Å². The summed E-state index contributed by atoms with van der Waals surface area (Å²) < 4.78 is 29.5. The highest BCUT2D eigenvalue weighted by Crippen LogP contribution is 2.49. The number of benzene rings is 3. The fourth-order valence-corrected chi connectivity index (χ4v) is 7.55. The molecule has 2 aliphatic rings.